The predicted octanol–water partition coefficient (Wildman–Crippen LogP) is 1.88. The fraction of sp³-hybridized carbons (Fsp3) is 0.545. The molecule has 0 aliphatic heterocycles. The van der Waals surface area contributed by atoms with Crippen molar-refractivity contribution in [1.29, 1.82) is 0 Å². The SMILES string of the molecule is COc1ccc(N)c(NCCC2CC2)n1. The Morgan fingerprint density at radius 1 is 1.53 bits per heavy atom. The van der Waals surface area contributed by atoms with Gasteiger partial charge in [-0.05, 0) is 18.4 Å². The van der Waals surface area contributed by atoms with Gasteiger partial charge in [0.15, 0.2) is 5.82 Å². The van der Waals surface area contributed by atoms with Gasteiger partial charge in [-0.3, -0.25) is 0 Å². The third-order valence-corrected chi connectivity index (χ3v) is 2.65. The van der Waals surface area contributed by atoms with Crippen LogP contribution >= 0.6 is 0 Å². The zero-order valence-electron chi connectivity index (χ0n) is 8.99. The maximum Gasteiger partial charge on any atom is 0.215 e. The molecule has 0 atom stereocenters. The normalized spacial score (nSPS) is 15.0. The van der Waals surface area contributed by atoms with E-state index >= 15 is 0 Å². The highest BCUT2D eigenvalue weighted by Gasteiger charge is 2.20. The topological polar surface area (TPSA) is 60.2 Å². The minimum absolute atomic E-state index is 0.595. The molecule has 1 fully saturated rings. The maximum absolute atomic E-state index is 5.80. The highest BCUT2D eigenvalue weighted by molar-refractivity contribution is 5.61. The van der Waals surface area contributed by atoms with Gasteiger partial charge in [-0.25, -0.2) is 0 Å². The van der Waals surface area contributed by atoms with Crippen molar-refractivity contribution in [1.82, 2.24) is 4.98 Å². The Bertz CT molecular complexity index is 337. The number of nitrogens with one attached hydrogen (secondary N) is 1. The first-order valence-corrected chi connectivity index (χ1v) is 5.34. The van der Waals surface area contributed by atoms with Gasteiger partial charge in [0.1, 0.15) is 0 Å². The van der Waals surface area contributed by atoms with Crippen molar-refractivity contribution in [3.05, 3.63) is 12.1 Å². The molecule has 4 nitrogen and oxygen atoms in total. The molecule has 3 N–H and O–H groups in total. The van der Waals surface area contributed by atoms with E-state index in [9.17, 15) is 0 Å². The lowest BCUT2D eigenvalue weighted by Gasteiger charge is -2.09. The standard InChI is InChI=1S/C11H17N3O/c1-15-10-5-4-9(12)11(14-10)13-7-6-8-2-3-8/h4-5,8H,2-3,6-7,12H2,1H3,(H,13,14). The number of hydrogen-bond donors (Lipinski definition) is 2. The minimum atomic E-state index is 0.595. The summed E-state index contributed by atoms with van der Waals surface area (Å²) in [5, 5.41) is 3.24. The summed E-state index contributed by atoms with van der Waals surface area (Å²) in [5.41, 5.74) is 6.47. The van der Waals surface area contributed by atoms with Gasteiger partial charge < -0.3 is 15.8 Å². The highest BCUT2D eigenvalue weighted by Crippen LogP contribution is 2.32. The van der Waals surface area contributed by atoms with Crippen LogP contribution in [0.15, 0.2) is 12.1 Å². The summed E-state index contributed by atoms with van der Waals surface area (Å²) >= 11 is 0. The van der Waals surface area contributed by atoms with Crippen LogP contribution < -0.4 is 15.8 Å². The molecule has 1 saturated carbocycles. The molecule has 1 aromatic heterocycles. The van der Waals surface area contributed by atoms with Crippen molar-refractivity contribution in [3.8, 4) is 5.88 Å². The van der Waals surface area contributed by atoms with Crippen LogP contribution in [0, 0.1) is 5.92 Å². The number of aromatic nitrogens is 1. The molecule has 1 heterocycles. The molecule has 15 heavy (non-hydrogen) atoms. The molecular weight excluding hydrogens is 190 g/mol. The number of rotatable bonds is 5. The summed E-state index contributed by atoms with van der Waals surface area (Å²) in [6.07, 6.45) is 3.96. The van der Waals surface area contributed by atoms with Crippen LogP contribution in [0.3, 0.4) is 0 Å². The third-order valence-electron chi connectivity index (χ3n) is 2.65. The van der Waals surface area contributed by atoms with Gasteiger partial charge in [-0.15, -0.1) is 0 Å². The molecule has 82 valence electrons. The molecule has 0 radical (unpaired) electrons. The summed E-state index contributed by atoms with van der Waals surface area (Å²) in [4.78, 5) is 4.25. The number of pyridine rings is 1. The van der Waals surface area contributed by atoms with Crippen LogP contribution in [0.4, 0.5) is 11.5 Å². The number of ether oxygens (including phenoxy) is 1. The second-order valence-corrected chi connectivity index (χ2v) is 3.95. The number of anilines is 2. The van der Waals surface area contributed by atoms with E-state index in [0.29, 0.717) is 11.6 Å². The summed E-state index contributed by atoms with van der Waals surface area (Å²) in [5.74, 6) is 2.25. The minimum Gasteiger partial charge on any atom is -0.481 e. The first-order valence-electron chi connectivity index (χ1n) is 5.34. The van der Waals surface area contributed by atoms with E-state index in [-0.39, 0.29) is 0 Å². The number of hydrogen-bond acceptors (Lipinski definition) is 4. The average molecular weight is 207 g/mol. The molecule has 0 amide bonds. The van der Waals surface area contributed by atoms with Crippen molar-refractivity contribution in [2.45, 2.75) is 19.3 Å². The maximum atomic E-state index is 5.80. The van der Waals surface area contributed by atoms with E-state index in [0.717, 1.165) is 18.3 Å². The van der Waals surface area contributed by atoms with Crippen molar-refractivity contribution in [2.75, 3.05) is 24.7 Å². The average Bonchev–Trinajstić information content (AvgIpc) is 3.05. The molecule has 0 bridgehead atoms. The first kappa shape index (κ1) is 10.1. The smallest absolute Gasteiger partial charge is 0.215 e. The molecule has 1 aromatic rings. The van der Waals surface area contributed by atoms with Gasteiger partial charge in [-0.1, -0.05) is 12.8 Å². The molecule has 2 rings (SSSR count). The van der Waals surface area contributed by atoms with E-state index in [2.05, 4.69) is 10.3 Å². The fourth-order valence-corrected chi connectivity index (χ4v) is 1.51. The third kappa shape index (κ3) is 2.75. The van der Waals surface area contributed by atoms with Crippen LogP contribution in [0.2, 0.25) is 0 Å². The molecule has 1 aliphatic rings. The molecule has 1 aliphatic carbocycles. The summed E-state index contributed by atoms with van der Waals surface area (Å²) < 4.78 is 5.04. The summed E-state index contributed by atoms with van der Waals surface area (Å²) in [6.45, 7) is 0.940. The molecule has 0 aromatic carbocycles. The van der Waals surface area contributed by atoms with E-state index in [4.69, 9.17) is 10.5 Å². The Morgan fingerprint density at radius 2 is 2.33 bits per heavy atom. The lowest BCUT2D eigenvalue weighted by atomic mass is 10.3. The van der Waals surface area contributed by atoms with Gasteiger partial charge in [0.25, 0.3) is 0 Å². The summed E-state index contributed by atoms with van der Waals surface area (Å²) in [6, 6.07) is 3.58. The largest absolute Gasteiger partial charge is 0.481 e. The van der Waals surface area contributed by atoms with E-state index in [1.807, 2.05) is 6.07 Å². The highest BCUT2D eigenvalue weighted by atomic mass is 16.5. The number of nitrogens with zero attached hydrogens (tertiary/aromatic N) is 1. The van der Waals surface area contributed by atoms with Gasteiger partial charge in [0.05, 0.1) is 12.8 Å². The van der Waals surface area contributed by atoms with Gasteiger partial charge in [-0.2, -0.15) is 4.98 Å². The number of nitrogen functional groups attached to an aromatic ring is 1. The van der Waals surface area contributed by atoms with Crippen LogP contribution in [0.5, 0.6) is 5.88 Å². The Labute approximate surface area is 89.8 Å². The molecule has 4 heteroatoms. The Balaban J connectivity index is 1.92. The lowest BCUT2D eigenvalue weighted by Crippen LogP contribution is -2.07. The second kappa shape index (κ2) is 4.38. The molecular formula is C11H17N3O. The quantitative estimate of drug-likeness (QED) is 0.774. The Hall–Kier alpha value is -1.45. The van der Waals surface area contributed by atoms with Crippen LogP contribution in [-0.4, -0.2) is 18.6 Å². The zero-order chi connectivity index (χ0) is 10.7. The van der Waals surface area contributed by atoms with Gasteiger partial charge in [0.2, 0.25) is 5.88 Å². The molecule has 0 saturated heterocycles. The van der Waals surface area contributed by atoms with E-state index in [1.165, 1.54) is 19.3 Å². The second-order valence-electron chi connectivity index (χ2n) is 3.95. The van der Waals surface area contributed by atoms with E-state index in [1.54, 1.807) is 13.2 Å². The van der Waals surface area contributed by atoms with Crippen LogP contribution in [-0.2, 0) is 0 Å². The fourth-order valence-electron chi connectivity index (χ4n) is 1.51. The Kier molecular flexibility index (Phi) is 2.94. The molecule has 0 unspecified atom stereocenters. The monoisotopic (exact) mass is 207 g/mol. The van der Waals surface area contributed by atoms with Crippen molar-refractivity contribution in [3.63, 3.8) is 0 Å². The zero-order valence-corrected chi connectivity index (χ0v) is 8.99. The molecule has 0 spiro atoms. The van der Waals surface area contributed by atoms with Gasteiger partial charge >= 0.3 is 0 Å². The van der Waals surface area contributed by atoms with Crippen molar-refractivity contribution in [2.24, 2.45) is 5.92 Å². The van der Waals surface area contributed by atoms with Crippen LogP contribution in [0.1, 0.15) is 19.3 Å². The van der Waals surface area contributed by atoms with Crippen LogP contribution in [0.25, 0.3) is 0 Å². The predicted molar refractivity (Wildman–Crippen MR) is 61.0 cm³/mol. The number of nitrogens with two attached hydrogens (primary N) is 1. The number of methoxy groups -OCH3 is 1. The van der Waals surface area contributed by atoms with Crippen molar-refractivity contribution < 1.29 is 4.74 Å². The van der Waals surface area contributed by atoms with E-state index < -0.39 is 0 Å². The Morgan fingerprint density at radius 3 is 3.00 bits per heavy atom. The van der Waals surface area contributed by atoms with Crippen molar-refractivity contribution >= 4 is 11.5 Å². The lowest BCUT2D eigenvalue weighted by molar-refractivity contribution is 0.398. The summed E-state index contributed by atoms with van der Waals surface area (Å²) in [7, 11) is 1.60. The van der Waals surface area contributed by atoms with Gasteiger partial charge in [0, 0.05) is 12.6 Å². The first-order chi connectivity index (χ1) is 7.29.